The molecule has 3 nitrogen and oxygen atoms in total. The molecule has 0 aliphatic rings. The van der Waals surface area contributed by atoms with Crippen LogP contribution < -0.4 is 0 Å². The van der Waals surface area contributed by atoms with Gasteiger partial charge < -0.3 is 0 Å². The maximum atomic E-state index is 12.7. The number of carbonyl (C=O) groups excluding carboxylic acids is 2. The molecule has 2 aromatic rings. The lowest BCUT2D eigenvalue weighted by atomic mass is 10.0. The Morgan fingerprint density at radius 3 is 1.42 bits per heavy atom. The molecule has 0 fully saturated rings. The second-order valence-electron chi connectivity index (χ2n) is 7.21. The third-order valence-electron chi connectivity index (χ3n) is 4.21. The predicted octanol–water partition coefficient (Wildman–Crippen LogP) is 6.95. The lowest BCUT2D eigenvalue weighted by molar-refractivity contribution is 0.0871. The lowest BCUT2D eigenvalue weighted by Crippen LogP contribution is -2.35. The van der Waals surface area contributed by atoms with Gasteiger partial charge in [0, 0.05) is 11.1 Å². The monoisotopic (exact) mass is 497 g/mol. The molecular formula is C25H34BrF2NO2. The Morgan fingerprint density at radius 2 is 1.13 bits per heavy atom. The summed E-state index contributed by atoms with van der Waals surface area (Å²) < 4.78 is 25.2. The van der Waals surface area contributed by atoms with Gasteiger partial charge >= 0.3 is 0 Å². The largest absolute Gasteiger partial charge is 0.299 e. The number of rotatable bonds is 7. The van der Waals surface area contributed by atoms with Crippen LogP contribution in [0, 0.1) is 11.6 Å². The van der Waals surface area contributed by atoms with Crippen molar-refractivity contribution in [2.24, 2.45) is 0 Å². The van der Waals surface area contributed by atoms with Crippen LogP contribution in [0.1, 0.15) is 67.7 Å². The van der Waals surface area contributed by atoms with Gasteiger partial charge in [-0.05, 0) is 75.5 Å². The van der Waals surface area contributed by atoms with E-state index in [0.717, 1.165) is 12.8 Å². The van der Waals surface area contributed by atoms with Crippen LogP contribution in [-0.4, -0.2) is 41.4 Å². The second kappa shape index (κ2) is 15.8. The first-order valence-electron chi connectivity index (χ1n) is 10.5. The molecule has 172 valence electrons. The van der Waals surface area contributed by atoms with Crippen molar-refractivity contribution >= 4 is 27.5 Å². The first-order valence-corrected chi connectivity index (χ1v) is 11.4. The molecule has 0 bridgehead atoms. The fourth-order valence-corrected chi connectivity index (χ4v) is 2.84. The third-order valence-corrected chi connectivity index (χ3v) is 5.28. The van der Waals surface area contributed by atoms with Crippen molar-refractivity contribution in [3.8, 4) is 0 Å². The Bertz CT molecular complexity index is 777. The van der Waals surface area contributed by atoms with Gasteiger partial charge in [-0.25, -0.2) is 8.78 Å². The van der Waals surface area contributed by atoms with E-state index in [1.807, 2.05) is 32.8 Å². The van der Waals surface area contributed by atoms with Crippen molar-refractivity contribution in [3.63, 3.8) is 0 Å². The Balaban J connectivity index is 0.000000519. The molecule has 0 aliphatic carbocycles. The van der Waals surface area contributed by atoms with Crippen molar-refractivity contribution in [3.05, 3.63) is 71.3 Å². The topological polar surface area (TPSA) is 37.4 Å². The van der Waals surface area contributed by atoms with Gasteiger partial charge in [-0.3, -0.25) is 14.5 Å². The van der Waals surface area contributed by atoms with E-state index in [-0.39, 0.29) is 34.1 Å². The molecule has 2 unspecified atom stereocenters. The van der Waals surface area contributed by atoms with Crippen molar-refractivity contribution in [1.29, 1.82) is 0 Å². The number of alkyl halides is 1. The highest BCUT2D eigenvalue weighted by Crippen LogP contribution is 2.14. The summed E-state index contributed by atoms with van der Waals surface area (Å²) in [7, 11) is 3.74. The Kier molecular flexibility index (Phi) is 14.8. The van der Waals surface area contributed by atoms with E-state index in [1.54, 1.807) is 0 Å². The molecule has 31 heavy (non-hydrogen) atoms. The average Bonchev–Trinajstić information content (AvgIpc) is 2.75. The van der Waals surface area contributed by atoms with Crippen LogP contribution in [0.4, 0.5) is 8.78 Å². The SMILES string of the molecule is CCC.CCC(Br)C(=O)c1ccc(F)cc1.CCC(C(=O)c1ccc(F)cc1)N(C)C. The van der Waals surface area contributed by atoms with Crippen molar-refractivity contribution < 1.29 is 18.4 Å². The number of halogens is 3. The number of hydrogen-bond acceptors (Lipinski definition) is 3. The quantitative estimate of drug-likeness (QED) is 0.306. The molecule has 0 radical (unpaired) electrons. The first kappa shape index (κ1) is 29.1. The van der Waals surface area contributed by atoms with Crippen LogP contribution in [0.3, 0.4) is 0 Å². The summed E-state index contributed by atoms with van der Waals surface area (Å²) in [6, 6.07) is 11.2. The Morgan fingerprint density at radius 1 is 0.774 bits per heavy atom. The number of benzene rings is 2. The van der Waals surface area contributed by atoms with Crippen LogP contribution in [0.2, 0.25) is 0 Å². The fraction of sp³-hybridized carbons (Fsp3) is 0.440. The van der Waals surface area contributed by atoms with Crippen molar-refractivity contribution in [2.75, 3.05) is 14.1 Å². The van der Waals surface area contributed by atoms with Gasteiger partial charge in [0.15, 0.2) is 11.6 Å². The number of Topliss-reactive ketones (excluding diaryl/α,β-unsaturated/α-hetero) is 2. The van der Waals surface area contributed by atoms with Crippen LogP contribution in [-0.2, 0) is 0 Å². The predicted molar refractivity (Wildman–Crippen MR) is 128 cm³/mol. The summed E-state index contributed by atoms with van der Waals surface area (Å²) in [5.74, 6) is -0.589. The Hall–Kier alpha value is -1.92. The Labute approximate surface area is 194 Å². The smallest absolute Gasteiger partial charge is 0.179 e. The zero-order chi connectivity index (χ0) is 24.0. The van der Waals surface area contributed by atoms with E-state index in [2.05, 4.69) is 29.8 Å². The van der Waals surface area contributed by atoms with Crippen molar-refractivity contribution in [2.45, 2.75) is 57.8 Å². The van der Waals surface area contributed by atoms with E-state index in [9.17, 15) is 18.4 Å². The molecule has 0 N–H and O–H groups in total. The van der Waals surface area contributed by atoms with Gasteiger partial charge in [-0.2, -0.15) is 0 Å². The van der Waals surface area contributed by atoms with E-state index < -0.39 is 0 Å². The van der Waals surface area contributed by atoms with E-state index in [4.69, 9.17) is 0 Å². The van der Waals surface area contributed by atoms with Crippen molar-refractivity contribution in [1.82, 2.24) is 4.90 Å². The van der Waals surface area contributed by atoms with Crippen LogP contribution in [0.5, 0.6) is 0 Å². The summed E-state index contributed by atoms with van der Waals surface area (Å²) in [5, 5.41) is 0. The molecule has 0 aromatic heterocycles. The molecule has 0 saturated carbocycles. The fourth-order valence-electron chi connectivity index (χ4n) is 2.57. The van der Waals surface area contributed by atoms with Gasteiger partial charge in [0.05, 0.1) is 10.9 Å². The maximum Gasteiger partial charge on any atom is 0.179 e. The van der Waals surface area contributed by atoms with Crippen LogP contribution in [0.25, 0.3) is 0 Å². The van der Waals surface area contributed by atoms with Gasteiger partial charge in [0.1, 0.15) is 11.6 Å². The highest BCUT2D eigenvalue weighted by atomic mass is 79.9. The molecular weight excluding hydrogens is 464 g/mol. The first-order chi connectivity index (χ1) is 14.6. The zero-order valence-corrected chi connectivity index (χ0v) is 20.9. The van der Waals surface area contributed by atoms with Gasteiger partial charge in [0.25, 0.3) is 0 Å². The number of carbonyl (C=O) groups is 2. The van der Waals surface area contributed by atoms with Crippen LogP contribution in [0.15, 0.2) is 48.5 Å². The minimum atomic E-state index is -0.320. The average molecular weight is 498 g/mol. The summed E-state index contributed by atoms with van der Waals surface area (Å²) in [4.78, 5) is 25.2. The highest BCUT2D eigenvalue weighted by Gasteiger charge is 2.19. The molecule has 2 atom stereocenters. The molecule has 6 heteroatoms. The molecule has 0 saturated heterocycles. The zero-order valence-electron chi connectivity index (χ0n) is 19.3. The molecule has 0 amide bonds. The maximum absolute atomic E-state index is 12.7. The molecule has 0 heterocycles. The summed E-state index contributed by atoms with van der Waals surface area (Å²) in [6.45, 7) is 8.13. The minimum Gasteiger partial charge on any atom is -0.299 e. The summed E-state index contributed by atoms with van der Waals surface area (Å²) in [6.07, 6.45) is 2.74. The highest BCUT2D eigenvalue weighted by molar-refractivity contribution is 9.10. The van der Waals surface area contributed by atoms with Gasteiger partial charge in [0.2, 0.25) is 0 Å². The standard InChI is InChI=1S/C12H16FNO.C10H10BrFO.C3H8/c1-4-11(14(2)3)12(15)9-5-7-10(13)8-6-9;1-2-9(11)10(13)7-3-5-8(12)6-4-7;1-3-2/h5-8,11H,4H2,1-3H3;3-6,9H,2H2,1H3;3H2,1-2H3. The number of hydrogen-bond donors (Lipinski definition) is 0. The van der Waals surface area contributed by atoms with E-state index >= 15 is 0 Å². The van der Waals surface area contributed by atoms with Gasteiger partial charge in [-0.1, -0.05) is 50.0 Å². The molecule has 0 spiro atoms. The number of nitrogens with zero attached hydrogens (tertiary/aromatic N) is 1. The number of ketones is 2. The van der Waals surface area contributed by atoms with E-state index in [1.165, 1.54) is 55.0 Å². The second-order valence-corrected chi connectivity index (χ2v) is 8.32. The molecule has 2 aromatic carbocycles. The van der Waals surface area contributed by atoms with Gasteiger partial charge in [-0.15, -0.1) is 0 Å². The van der Waals surface area contributed by atoms with Crippen LogP contribution >= 0.6 is 15.9 Å². The summed E-state index contributed by atoms with van der Waals surface area (Å²) in [5.41, 5.74) is 1.11. The summed E-state index contributed by atoms with van der Waals surface area (Å²) >= 11 is 3.25. The molecule has 0 aliphatic heterocycles. The number of likely N-dealkylation sites (N-methyl/N-ethyl adjacent to an activating group) is 1. The molecule has 2 rings (SSSR count). The third kappa shape index (κ3) is 10.8. The van der Waals surface area contributed by atoms with E-state index in [0.29, 0.717) is 11.1 Å². The normalized spacial score (nSPS) is 12.1. The lowest BCUT2D eigenvalue weighted by Gasteiger charge is -2.21. The minimum absolute atomic E-state index is 0.00231.